The normalized spacial score (nSPS) is 10.6. The zero-order valence-electron chi connectivity index (χ0n) is 11.6. The summed E-state index contributed by atoms with van der Waals surface area (Å²) >= 11 is 6.17. The number of hydrogen-bond acceptors (Lipinski definition) is 5. The first kappa shape index (κ1) is 13.5. The number of aromatic nitrogens is 5. The number of pyridine rings is 1. The van der Waals surface area contributed by atoms with E-state index in [-0.39, 0.29) is 0 Å². The van der Waals surface area contributed by atoms with E-state index >= 15 is 0 Å². The topological polar surface area (TPSA) is 68.5 Å². The predicted octanol–water partition coefficient (Wildman–Crippen LogP) is 2.98. The van der Waals surface area contributed by atoms with Crippen LogP contribution in [0.15, 0.2) is 36.9 Å². The quantitative estimate of drug-likeness (QED) is 0.805. The molecule has 3 aromatic rings. The Kier molecular flexibility index (Phi) is 3.53. The molecule has 1 N–H and O–H groups in total. The van der Waals surface area contributed by atoms with E-state index in [9.17, 15) is 0 Å². The fraction of sp³-hybridized carbons (Fsp3) is 0.143. The van der Waals surface area contributed by atoms with Gasteiger partial charge in [0.25, 0.3) is 0 Å². The standard InChI is InChI=1S/C14H13ClN6/c1-9-12(4-3-5-16-9)19-14-17-7-11(15)13(20-14)10-6-18-21(2)8-10/h3-8H,1-2H3,(H,17,19,20). The number of nitrogens with one attached hydrogen (secondary N) is 1. The summed E-state index contributed by atoms with van der Waals surface area (Å²) in [7, 11) is 1.84. The van der Waals surface area contributed by atoms with Crippen molar-refractivity contribution in [1.82, 2.24) is 24.7 Å². The summed E-state index contributed by atoms with van der Waals surface area (Å²) in [5.74, 6) is 0.467. The average Bonchev–Trinajstić information content (AvgIpc) is 2.90. The molecular weight excluding hydrogens is 288 g/mol. The third-order valence-corrected chi connectivity index (χ3v) is 3.25. The summed E-state index contributed by atoms with van der Waals surface area (Å²) in [5, 5.41) is 7.76. The molecule has 3 rings (SSSR count). The van der Waals surface area contributed by atoms with Gasteiger partial charge < -0.3 is 5.32 Å². The van der Waals surface area contributed by atoms with E-state index in [1.165, 1.54) is 0 Å². The van der Waals surface area contributed by atoms with Crippen LogP contribution in [0.4, 0.5) is 11.6 Å². The lowest BCUT2D eigenvalue weighted by Gasteiger charge is -2.08. The molecule has 0 aliphatic carbocycles. The fourth-order valence-electron chi connectivity index (χ4n) is 1.91. The molecule has 0 fully saturated rings. The molecular formula is C14H13ClN6. The summed E-state index contributed by atoms with van der Waals surface area (Å²) < 4.78 is 1.70. The van der Waals surface area contributed by atoms with Crippen LogP contribution in [0.3, 0.4) is 0 Å². The Morgan fingerprint density at radius 1 is 1.24 bits per heavy atom. The average molecular weight is 301 g/mol. The molecule has 0 spiro atoms. The smallest absolute Gasteiger partial charge is 0.227 e. The Hall–Kier alpha value is -2.47. The molecule has 6 nitrogen and oxygen atoms in total. The second-order valence-electron chi connectivity index (χ2n) is 4.55. The van der Waals surface area contributed by atoms with Crippen molar-refractivity contribution in [3.8, 4) is 11.3 Å². The maximum absolute atomic E-state index is 6.17. The van der Waals surface area contributed by atoms with Gasteiger partial charge in [0.15, 0.2) is 0 Å². The van der Waals surface area contributed by atoms with Crippen molar-refractivity contribution >= 4 is 23.2 Å². The second kappa shape index (κ2) is 5.49. The van der Waals surface area contributed by atoms with Crippen LogP contribution in [0.25, 0.3) is 11.3 Å². The van der Waals surface area contributed by atoms with Gasteiger partial charge in [-0.2, -0.15) is 5.10 Å². The third kappa shape index (κ3) is 2.85. The van der Waals surface area contributed by atoms with Gasteiger partial charge in [-0.25, -0.2) is 9.97 Å². The molecule has 3 aromatic heterocycles. The Balaban J connectivity index is 1.96. The number of anilines is 2. The van der Waals surface area contributed by atoms with Crippen LogP contribution in [-0.2, 0) is 7.05 Å². The number of aryl methyl sites for hydroxylation is 2. The van der Waals surface area contributed by atoms with E-state index in [4.69, 9.17) is 11.6 Å². The molecule has 106 valence electrons. The molecule has 0 bridgehead atoms. The number of halogens is 1. The first-order valence-corrected chi connectivity index (χ1v) is 6.71. The first-order valence-electron chi connectivity index (χ1n) is 6.33. The molecule has 0 radical (unpaired) electrons. The van der Waals surface area contributed by atoms with Gasteiger partial charge in [0.05, 0.1) is 34.5 Å². The number of rotatable bonds is 3. The van der Waals surface area contributed by atoms with Crippen molar-refractivity contribution < 1.29 is 0 Å². The first-order chi connectivity index (χ1) is 10.1. The van der Waals surface area contributed by atoms with Gasteiger partial charge in [-0.3, -0.25) is 9.67 Å². The van der Waals surface area contributed by atoms with Crippen molar-refractivity contribution in [1.29, 1.82) is 0 Å². The van der Waals surface area contributed by atoms with E-state index < -0.39 is 0 Å². The van der Waals surface area contributed by atoms with Crippen molar-refractivity contribution in [3.05, 3.63) is 47.6 Å². The number of nitrogens with zero attached hydrogens (tertiary/aromatic N) is 5. The minimum atomic E-state index is 0.467. The molecule has 21 heavy (non-hydrogen) atoms. The van der Waals surface area contributed by atoms with Crippen LogP contribution in [0.5, 0.6) is 0 Å². The van der Waals surface area contributed by atoms with Gasteiger partial charge in [-0.15, -0.1) is 0 Å². The molecule has 0 saturated carbocycles. The Morgan fingerprint density at radius 3 is 2.81 bits per heavy atom. The van der Waals surface area contributed by atoms with Crippen LogP contribution in [0.2, 0.25) is 5.02 Å². The zero-order valence-corrected chi connectivity index (χ0v) is 12.3. The summed E-state index contributed by atoms with van der Waals surface area (Å²) in [4.78, 5) is 12.9. The van der Waals surface area contributed by atoms with Crippen molar-refractivity contribution in [2.24, 2.45) is 7.05 Å². The summed E-state index contributed by atoms with van der Waals surface area (Å²) in [5.41, 5.74) is 3.22. The van der Waals surface area contributed by atoms with E-state index in [1.807, 2.05) is 32.3 Å². The Labute approximate surface area is 126 Å². The van der Waals surface area contributed by atoms with Crippen LogP contribution >= 0.6 is 11.6 Å². The molecule has 0 atom stereocenters. The van der Waals surface area contributed by atoms with Crippen LogP contribution < -0.4 is 5.32 Å². The van der Waals surface area contributed by atoms with Crippen molar-refractivity contribution in [2.45, 2.75) is 6.92 Å². The summed E-state index contributed by atoms with van der Waals surface area (Å²) in [6.07, 6.45) is 6.88. The SMILES string of the molecule is Cc1ncccc1Nc1ncc(Cl)c(-c2cnn(C)c2)n1. The Morgan fingerprint density at radius 2 is 2.10 bits per heavy atom. The molecule has 0 aliphatic rings. The van der Waals surface area contributed by atoms with Crippen LogP contribution in [-0.4, -0.2) is 24.7 Å². The molecule has 0 amide bonds. The highest BCUT2D eigenvalue weighted by atomic mass is 35.5. The third-order valence-electron chi connectivity index (χ3n) is 2.98. The fourth-order valence-corrected chi connectivity index (χ4v) is 2.11. The number of hydrogen-bond donors (Lipinski definition) is 1. The van der Waals surface area contributed by atoms with Gasteiger partial charge in [0, 0.05) is 25.0 Å². The predicted molar refractivity (Wildman–Crippen MR) is 81.5 cm³/mol. The minimum Gasteiger partial charge on any atom is -0.323 e. The maximum atomic E-state index is 6.17. The molecule has 7 heteroatoms. The van der Waals surface area contributed by atoms with Crippen LogP contribution in [0, 0.1) is 6.92 Å². The van der Waals surface area contributed by atoms with E-state index in [2.05, 4.69) is 25.4 Å². The zero-order chi connectivity index (χ0) is 14.8. The second-order valence-corrected chi connectivity index (χ2v) is 4.96. The van der Waals surface area contributed by atoms with E-state index in [0.717, 1.165) is 16.9 Å². The largest absolute Gasteiger partial charge is 0.323 e. The molecule has 3 heterocycles. The van der Waals surface area contributed by atoms with Gasteiger partial charge in [0.1, 0.15) is 0 Å². The van der Waals surface area contributed by atoms with E-state index in [1.54, 1.807) is 23.3 Å². The van der Waals surface area contributed by atoms with E-state index in [0.29, 0.717) is 16.7 Å². The summed E-state index contributed by atoms with van der Waals surface area (Å²) in [6.45, 7) is 1.92. The highest BCUT2D eigenvalue weighted by Gasteiger charge is 2.10. The maximum Gasteiger partial charge on any atom is 0.227 e. The van der Waals surface area contributed by atoms with Gasteiger partial charge >= 0.3 is 0 Å². The minimum absolute atomic E-state index is 0.467. The van der Waals surface area contributed by atoms with Crippen molar-refractivity contribution in [3.63, 3.8) is 0 Å². The van der Waals surface area contributed by atoms with Crippen LogP contribution in [0.1, 0.15) is 5.69 Å². The summed E-state index contributed by atoms with van der Waals surface area (Å²) in [6, 6.07) is 3.78. The highest BCUT2D eigenvalue weighted by molar-refractivity contribution is 6.32. The van der Waals surface area contributed by atoms with Crippen molar-refractivity contribution in [2.75, 3.05) is 5.32 Å². The van der Waals surface area contributed by atoms with Gasteiger partial charge in [-0.1, -0.05) is 11.6 Å². The Bertz CT molecular complexity index is 783. The van der Waals surface area contributed by atoms with Gasteiger partial charge in [-0.05, 0) is 19.1 Å². The molecule has 0 aromatic carbocycles. The van der Waals surface area contributed by atoms with Gasteiger partial charge in [0.2, 0.25) is 5.95 Å². The lowest BCUT2D eigenvalue weighted by atomic mass is 10.2. The lowest BCUT2D eigenvalue weighted by Crippen LogP contribution is -2.00. The molecule has 0 saturated heterocycles. The highest BCUT2D eigenvalue weighted by Crippen LogP contribution is 2.26. The molecule has 0 aliphatic heterocycles. The lowest BCUT2D eigenvalue weighted by molar-refractivity contribution is 0.768. The molecule has 0 unspecified atom stereocenters. The monoisotopic (exact) mass is 300 g/mol.